The molecule has 0 fully saturated rings. The van der Waals surface area contributed by atoms with E-state index in [1.807, 2.05) is 24.3 Å². The quantitative estimate of drug-likeness (QED) is 0.583. The monoisotopic (exact) mass is 346 g/mol. The van der Waals surface area contributed by atoms with Gasteiger partial charge < -0.3 is 20.5 Å². The van der Waals surface area contributed by atoms with Crippen LogP contribution in [0.15, 0.2) is 30.5 Å². The van der Waals surface area contributed by atoms with Gasteiger partial charge in [-0.25, -0.2) is 4.79 Å². The summed E-state index contributed by atoms with van der Waals surface area (Å²) in [6.45, 7) is 3.48. The first kappa shape index (κ1) is 18.5. The van der Waals surface area contributed by atoms with Crippen LogP contribution >= 0.6 is 0 Å². The number of carboxylic acids is 2. The molecular formula is C18H22N2O5. The maximum Gasteiger partial charge on any atom is 0.326 e. The molecule has 25 heavy (non-hydrogen) atoms. The Bertz CT molecular complexity index is 781. The number of carboxylic acid groups (broad SMARTS) is 2. The maximum absolute atomic E-state index is 12.4. The Hall–Kier alpha value is -2.83. The molecule has 2 aromatic rings. The summed E-state index contributed by atoms with van der Waals surface area (Å²) in [6.07, 6.45) is 1.51. The van der Waals surface area contributed by atoms with Crippen LogP contribution in [-0.2, 0) is 20.8 Å². The van der Waals surface area contributed by atoms with Gasteiger partial charge in [0.2, 0.25) is 5.91 Å². The second-order valence-electron chi connectivity index (χ2n) is 6.41. The van der Waals surface area contributed by atoms with Crippen molar-refractivity contribution in [2.24, 2.45) is 11.8 Å². The number of carbonyl (C=O) groups excluding carboxylic acids is 1. The number of rotatable bonds is 8. The minimum absolute atomic E-state index is 0.114. The Balaban J connectivity index is 2.16. The summed E-state index contributed by atoms with van der Waals surface area (Å²) in [7, 11) is 0. The highest BCUT2D eigenvalue weighted by atomic mass is 16.4. The van der Waals surface area contributed by atoms with Crippen LogP contribution < -0.4 is 5.32 Å². The second-order valence-corrected chi connectivity index (χ2v) is 6.41. The van der Waals surface area contributed by atoms with E-state index in [0.29, 0.717) is 0 Å². The lowest BCUT2D eigenvalue weighted by molar-refractivity contribution is -0.144. The molecule has 134 valence electrons. The molecule has 0 aliphatic carbocycles. The number of aromatic nitrogens is 1. The topological polar surface area (TPSA) is 119 Å². The van der Waals surface area contributed by atoms with E-state index >= 15 is 0 Å². The zero-order chi connectivity index (χ0) is 18.6. The molecule has 4 N–H and O–H groups in total. The van der Waals surface area contributed by atoms with E-state index in [2.05, 4.69) is 10.3 Å². The Kier molecular flexibility index (Phi) is 5.80. The molecule has 1 aromatic carbocycles. The Labute approximate surface area is 145 Å². The number of fused-ring (bicyclic) bond motifs is 1. The predicted octanol–water partition coefficient (Wildman–Crippen LogP) is 2.03. The Morgan fingerprint density at radius 1 is 1.16 bits per heavy atom. The number of hydrogen-bond donors (Lipinski definition) is 4. The van der Waals surface area contributed by atoms with Crippen molar-refractivity contribution >= 4 is 28.7 Å². The van der Waals surface area contributed by atoms with Crippen LogP contribution in [0.1, 0.15) is 25.8 Å². The molecule has 2 rings (SSSR count). The van der Waals surface area contributed by atoms with Gasteiger partial charge in [0.25, 0.3) is 0 Å². The zero-order valence-electron chi connectivity index (χ0n) is 14.2. The summed E-state index contributed by atoms with van der Waals surface area (Å²) in [5.74, 6) is -3.78. The van der Waals surface area contributed by atoms with E-state index in [1.54, 1.807) is 20.0 Å². The van der Waals surface area contributed by atoms with Gasteiger partial charge in [-0.1, -0.05) is 32.0 Å². The van der Waals surface area contributed by atoms with Crippen LogP contribution in [0.25, 0.3) is 10.9 Å². The lowest BCUT2D eigenvalue weighted by Gasteiger charge is -2.21. The molecule has 1 unspecified atom stereocenters. The standard InChI is InChI=1S/C18H22N2O5/c1-10(2)13(8-16(21)22)17(23)20-15(18(24)25)7-11-9-19-14-6-4-3-5-12(11)14/h3-6,9-10,13,15,19H,7-8H2,1-2H3,(H,20,23)(H,21,22)(H,24,25)/t13?,15-/m0/s1. The molecule has 0 spiro atoms. The van der Waals surface area contributed by atoms with Gasteiger partial charge in [0, 0.05) is 23.5 Å². The van der Waals surface area contributed by atoms with Gasteiger partial charge in [-0.3, -0.25) is 9.59 Å². The van der Waals surface area contributed by atoms with Gasteiger partial charge in [0.15, 0.2) is 0 Å². The van der Waals surface area contributed by atoms with Crippen LogP contribution in [0.5, 0.6) is 0 Å². The maximum atomic E-state index is 12.4. The fourth-order valence-electron chi connectivity index (χ4n) is 2.82. The average Bonchev–Trinajstić information content (AvgIpc) is 2.94. The molecule has 0 radical (unpaired) electrons. The van der Waals surface area contributed by atoms with Crippen LogP contribution in [0.4, 0.5) is 0 Å². The second kappa shape index (κ2) is 7.83. The molecular weight excluding hydrogens is 324 g/mol. The van der Waals surface area contributed by atoms with E-state index < -0.39 is 29.8 Å². The van der Waals surface area contributed by atoms with Crippen molar-refractivity contribution in [3.8, 4) is 0 Å². The number of amides is 1. The molecule has 0 aliphatic rings. The largest absolute Gasteiger partial charge is 0.481 e. The summed E-state index contributed by atoms with van der Waals surface area (Å²) >= 11 is 0. The summed E-state index contributed by atoms with van der Waals surface area (Å²) in [6, 6.07) is 6.37. The van der Waals surface area contributed by atoms with Crippen molar-refractivity contribution in [2.45, 2.75) is 32.7 Å². The summed E-state index contributed by atoms with van der Waals surface area (Å²) in [5, 5.41) is 21.8. The Morgan fingerprint density at radius 2 is 1.84 bits per heavy atom. The van der Waals surface area contributed by atoms with Crippen molar-refractivity contribution in [1.82, 2.24) is 10.3 Å². The number of aliphatic carboxylic acids is 2. The number of nitrogens with one attached hydrogen (secondary N) is 2. The molecule has 1 aromatic heterocycles. The molecule has 7 nitrogen and oxygen atoms in total. The molecule has 0 aliphatic heterocycles. The highest BCUT2D eigenvalue weighted by molar-refractivity contribution is 5.89. The molecule has 1 amide bonds. The van der Waals surface area contributed by atoms with Gasteiger partial charge in [-0.05, 0) is 17.5 Å². The van der Waals surface area contributed by atoms with Crippen LogP contribution in [0.3, 0.4) is 0 Å². The van der Waals surface area contributed by atoms with Crippen molar-refractivity contribution in [3.05, 3.63) is 36.0 Å². The van der Waals surface area contributed by atoms with Gasteiger partial charge in [-0.2, -0.15) is 0 Å². The van der Waals surface area contributed by atoms with Gasteiger partial charge in [0.1, 0.15) is 6.04 Å². The third-order valence-electron chi connectivity index (χ3n) is 4.25. The van der Waals surface area contributed by atoms with E-state index in [0.717, 1.165) is 16.5 Å². The number of H-pyrrole nitrogens is 1. The normalized spacial score (nSPS) is 13.6. The lowest BCUT2D eigenvalue weighted by atomic mass is 9.91. The van der Waals surface area contributed by atoms with Crippen molar-refractivity contribution < 1.29 is 24.6 Å². The molecule has 0 saturated heterocycles. The van der Waals surface area contributed by atoms with Crippen molar-refractivity contribution in [2.75, 3.05) is 0 Å². The summed E-state index contributed by atoms with van der Waals surface area (Å²) < 4.78 is 0. The average molecular weight is 346 g/mol. The van der Waals surface area contributed by atoms with Crippen molar-refractivity contribution in [1.29, 1.82) is 0 Å². The molecule has 7 heteroatoms. The highest BCUT2D eigenvalue weighted by Gasteiger charge is 2.29. The van der Waals surface area contributed by atoms with Gasteiger partial charge in [-0.15, -0.1) is 0 Å². The molecule has 0 bridgehead atoms. The fourth-order valence-corrected chi connectivity index (χ4v) is 2.82. The predicted molar refractivity (Wildman–Crippen MR) is 92.2 cm³/mol. The first-order valence-corrected chi connectivity index (χ1v) is 8.09. The number of aromatic amines is 1. The van der Waals surface area contributed by atoms with Crippen LogP contribution in [-0.4, -0.2) is 39.1 Å². The van der Waals surface area contributed by atoms with E-state index in [1.165, 1.54) is 0 Å². The third-order valence-corrected chi connectivity index (χ3v) is 4.25. The highest BCUT2D eigenvalue weighted by Crippen LogP contribution is 2.20. The summed E-state index contributed by atoms with van der Waals surface area (Å²) in [4.78, 5) is 38.0. The van der Waals surface area contributed by atoms with E-state index in [-0.39, 0.29) is 18.8 Å². The number of benzene rings is 1. The SMILES string of the molecule is CC(C)C(CC(=O)O)C(=O)N[C@@H](Cc1c[nH]c2ccccc12)C(=O)O. The lowest BCUT2D eigenvalue weighted by Crippen LogP contribution is -2.46. The number of carbonyl (C=O) groups is 3. The zero-order valence-corrected chi connectivity index (χ0v) is 14.2. The minimum Gasteiger partial charge on any atom is -0.481 e. The number of hydrogen-bond acceptors (Lipinski definition) is 3. The minimum atomic E-state index is -1.16. The van der Waals surface area contributed by atoms with E-state index in [9.17, 15) is 19.5 Å². The van der Waals surface area contributed by atoms with Crippen LogP contribution in [0, 0.1) is 11.8 Å². The van der Waals surface area contributed by atoms with Crippen LogP contribution in [0.2, 0.25) is 0 Å². The van der Waals surface area contributed by atoms with Gasteiger partial charge in [0.05, 0.1) is 12.3 Å². The third kappa shape index (κ3) is 4.59. The van der Waals surface area contributed by atoms with Crippen molar-refractivity contribution in [3.63, 3.8) is 0 Å². The molecule has 0 saturated carbocycles. The fraction of sp³-hybridized carbons (Fsp3) is 0.389. The Morgan fingerprint density at radius 3 is 2.44 bits per heavy atom. The molecule has 2 atom stereocenters. The first-order valence-electron chi connectivity index (χ1n) is 8.09. The number of para-hydroxylation sites is 1. The van der Waals surface area contributed by atoms with Gasteiger partial charge >= 0.3 is 11.9 Å². The summed E-state index contributed by atoms with van der Waals surface area (Å²) in [5.41, 5.74) is 1.67. The first-order chi connectivity index (χ1) is 11.8. The smallest absolute Gasteiger partial charge is 0.326 e. The molecule has 1 heterocycles. The van der Waals surface area contributed by atoms with E-state index in [4.69, 9.17) is 5.11 Å².